The predicted molar refractivity (Wildman–Crippen MR) is 61.7 cm³/mol. The number of rotatable bonds is 8. The molecule has 0 rings (SSSR count). The lowest BCUT2D eigenvalue weighted by Crippen LogP contribution is -2.24. The van der Waals surface area contributed by atoms with Crippen molar-refractivity contribution in [2.45, 2.75) is 33.6 Å². The number of hydrogen-bond acceptors (Lipinski definition) is 3. The minimum Gasteiger partial charge on any atom is -0.394 e. The average Bonchev–Trinajstić information content (AvgIpc) is 2.24. The highest BCUT2D eigenvalue weighted by atomic mass is 16.5. The largest absolute Gasteiger partial charge is 0.394 e. The first-order chi connectivity index (χ1) is 6.81. The Balaban J connectivity index is 0. The third-order valence-corrected chi connectivity index (χ3v) is 1.75. The molecular formula is C11H27NO2. The number of aliphatic hydroxyl groups excluding tert-OH is 1. The zero-order valence-electron chi connectivity index (χ0n) is 10.3. The Kier molecular flexibility index (Phi) is 17.9. The van der Waals surface area contributed by atoms with E-state index < -0.39 is 0 Å². The van der Waals surface area contributed by atoms with Crippen molar-refractivity contribution in [3.8, 4) is 0 Å². The van der Waals surface area contributed by atoms with Gasteiger partial charge in [-0.2, -0.15) is 0 Å². The SMILES string of the molecule is CC.CCCCN(C)CCOCCO. The van der Waals surface area contributed by atoms with Crippen LogP contribution in [0, 0.1) is 0 Å². The highest BCUT2D eigenvalue weighted by Crippen LogP contribution is 1.90. The van der Waals surface area contributed by atoms with Gasteiger partial charge in [0.05, 0.1) is 19.8 Å². The maximum atomic E-state index is 8.43. The lowest BCUT2D eigenvalue weighted by molar-refractivity contribution is 0.0782. The quantitative estimate of drug-likeness (QED) is 0.613. The van der Waals surface area contributed by atoms with E-state index in [0.29, 0.717) is 6.61 Å². The van der Waals surface area contributed by atoms with Gasteiger partial charge in [-0.15, -0.1) is 0 Å². The summed E-state index contributed by atoms with van der Waals surface area (Å²) >= 11 is 0. The van der Waals surface area contributed by atoms with Crippen LogP contribution in [0.25, 0.3) is 0 Å². The number of aliphatic hydroxyl groups is 1. The van der Waals surface area contributed by atoms with Crippen LogP contribution in [0.4, 0.5) is 0 Å². The van der Waals surface area contributed by atoms with Crippen molar-refractivity contribution in [3.05, 3.63) is 0 Å². The van der Waals surface area contributed by atoms with Crippen LogP contribution in [-0.2, 0) is 4.74 Å². The van der Waals surface area contributed by atoms with Gasteiger partial charge in [-0.1, -0.05) is 27.2 Å². The van der Waals surface area contributed by atoms with E-state index in [1.807, 2.05) is 13.8 Å². The molecule has 0 saturated heterocycles. The van der Waals surface area contributed by atoms with Crippen LogP contribution in [0.15, 0.2) is 0 Å². The van der Waals surface area contributed by atoms with Crippen LogP contribution >= 0.6 is 0 Å². The lowest BCUT2D eigenvalue weighted by atomic mass is 10.3. The van der Waals surface area contributed by atoms with Gasteiger partial charge in [-0.25, -0.2) is 0 Å². The van der Waals surface area contributed by atoms with Gasteiger partial charge >= 0.3 is 0 Å². The summed E-state index contributed by atoms with van der Waals surface area (Å²) in [4.78, 5) is 2.25. The van der Waals surface area contributed by atoms with Gasteiger partial charge in [0.1, 0.15) is 0 Å². The van der Waals surface area contributed by atoms with Crippen LogP contribution in [0.5, 0.6) is 0 Å². The van der Waals surface area contributed by atoms with Gasteiger partial charge in [0.15, 0.2) is 0 Å². The fourth-order valence-corrected chi connectivity index (χ4v) is 0.927. The van der Waals surface area contributed by atoms with Crippen molar-refractivity contribution >= 4 is 0 Å². The maximum Gasteiger partial charge on any atom is 0.0698 e. The standard InChI is InChI=1S/C9H21NO2.C2H6/c1-3-4-5-10(2)6-8-12-9-7-11;1-2/h11H,3-9H2,1-2H3;1-2H3. The molecule has 0 radical (unpaired) electrons. The monoisotopic (exact) mass is 205 g/mol. The van der Waals surface area contributed by atoms with E-state index in [1.54, 1.807) is 0 Å². The topological polar surface area (TPSA) is 32.7 Å². The second-order valence-electron chi connectivity index (χ2n) is 2.99. The third kappa shape index (κ3) is 14.4. The van der Waals surface area contributed by atoms with Crippen molar-refractivity contribution in [1.29, 1.82) is 0 Å². The summed E-state index contributed by atoms with van der Waals surface area (Å²) in [5, 5.41) is 8.43. The van der Waals surface area contributed by atoms with Gasteiger partial charge in [0.25, 0.3) is 0 Å². The number of unbranched alkanes of at least 4 members (excludes halogenated alkanes) is 1. The molecule has 0 saturated carbocycles. The molecule has 3 heteroatoms. The van der Waals surface area contributed by atoms with Crippen molar-refractivity contribution < 1.29 is 9.84 Å². The van der Waals surface area contributed by atoms with Crippen LogP contribution in [0.3, 0.4) is 0 Å². The van der Waals surface area contributed by atoms with E-state index in [9.17, 15) is 0 Å². The summed E-state index contributed by atoms with van der Waals surface area (Å²) in [5.74, 6) is 0. The molecule has 0 spiro atoms. The number of ether oxygens (including phenoxy) is 1. The smallest absolute Gasteiger partial charge is 0.0698 e. The van der Waals surface area contributed by atoms with Gasteiger partial charge in [-0.3, -0.25) is 0 Å². The second kappa shape index (κ2) is 15.4. The second-order valence-corrected chi connectivity index (χ2v) is 2.99. The molecule has 0 aromatic heterocycles. The number of nitrogens with zero attached hydrogens (tertiary/aromatic N) is 1. The molecular weight excluding hydrogens is 178 g/mol. The molecule has 0 atom stereocenters. The molecule has 0 amide bonds. The van der Waals surface area contributed by atoms with Crippen molar-refractivity contribution in [2.24, 2.45) is 0 Å². The first-order valence-electron chi connectivity index (χ1n) is 5.68. The van der Waals surface area contributed by atoms with Crippen LogP contribution in [-0.4, -0.2) is 50.0 Å². The molecule has 0 aliphatic rings. The van der Waals surface area contributed by atoms with Crippen LogP contribution in [0.2, 0.25) is 0 Å². The van der Waals surface area contributed by atoms with Crippen molar-refractivity contribution in [3.63, 3.8) is 0 Å². The fraction of sp³-hybridized carbons (Fsp3) is 1.00. The summed E-state index contributed by atoms with van der Waals surface area (Å²) in [6.07, 6.45) is 2.48. The third-order valence-electron chi connectivity index (χ3n) is 1.75. The molecule has 0 aliphatic carbocycles. The Bertz CT molecular complexity index is 89.4. The Labute approximate surface area is 89.1 Å². The highest BCUT2D eigenvalue weighted by molar-refractivity contribution is 4.49. The molecule has 0 aliphatic heterocycles. The highest BCUT2D eigenvalue weighted by Gasteiger charge is 1.95. The molecule has 0 aromatic carbocycles. The minimum absolute atomic E-state index is 0.124. The summed E-state index contributed by atoms with van der Waals surface area (Å²) in [5.41, 5.74) is 0. The van der Waals surface area contributed by atoms with Gasteiger partial charge < -0.3 is 14.7 Å². The first-order valence-corrected chi connectivity index (χ1v) is 5.68. The van der Waals surface area contributed by atoms with E-state index >= 15 is 0 Å². The average molecular weight is 205 g/mol. The van der Waals surface area contributed by atoms with E-state index in [4.69, 9.17) is 9.84 Å². The summed E-state index contributed by atoms with van der Waals surface area (Å²) < 4.78 is 5.14. The fourth-order valence-electron chi connectivity index (χ4n) is 0.927. The number of hydrogen-bond donors (Lipinski definition) is 1. The van der Waals surface area contributed by atoms with Crippen LogP contribution in [0.1, 0.15) is 33.6 Å². The van der Waals surface area contributed by atoms with E-state index in [-0.39, 0.29) is 6.61 Å². The number of likely N-dealkylation sites (N-methyl/N-ethyl adjacent to an activating group) is 1. The zero-order chi connectivity index (χ0) is 11.2. The van der Waals surface area contributed by atoms with E-state index in [1.165, 1.54) is 12.8 Å². The van der Waals surface area contributed by atoms with Crippen molar-refractivity contribution in [1.82, 2.24) is 4.90 Å². The normalized spacial score (nSPS) is 9.86. The molecule has 0 unspecified atom stereocenters. The Morgan fingerprint density at radius 1 is 1.14 bits per heavy atom. The lowest BCUT2D eigenvalue weighted by Gasteiger charge is -2.15. The molecule has 0 fully saturated rings. The molecule has 0 heterocycles. The van der Waals surface area contributed by atoms with E-state index in [0.717, 1.165) is 19.7 Å². The molecule has 0 aromatic rings. The molecule has 0 bridgehead atoms. The van der Waals surface area contributed by atoms with Crippen molar-refractivity contribution in [2.75, 3.05) is 40.0 Å². The molecule has 1 N–H and O–H groups in total. The molecule has 88 valence electrons. The Morgan fingerprint density at radius 3 is 2.29 bits per heavy atom. The molecule has 14 heavy (non-hydrogen) atoms. The Morgan fingerprint density at radius 2 is 1.79 bits per heavy atom. The van der Waals surface area contributed by atoms with Gasteiger partial charge in [0, 0.05) is 6.54 Å². The summed E-state index contributed by atoms with van der Waals surface area (Å²) in [6, 6.07) is 0. The predicted octanol–water partition coefficient (Wildman–Crippen LogP) is 1.75. The van der Waals surface area contributed by atoms with Gasteiger partial charge in [0.2, 0.25) is 0 Å². The van der Waals surface area contributed by atoms with Gasteiger partial charge in [-0.05, 0) is 20.0 Å². The zero-order valence-corrected chi connectivity index (χ0v) is 10.3. The summed E-state index contributed by atoms with van der Waals surface area (Å²) in [7, 11) is 2.10. The maximum absolute atomic E-state index is 8.43. The van der Waals surface area contributed by atoms with E-state index in [2.05, 4.69) is 18.9 Å². The molecule has 3 nitrogen and oxygen atoms in total. The first kappa shape index (κ1) is 16.3. The summed E-state index contributed by atoms with van der Waals surface area (Å²) in [6.45, 7) is 9.59. The van der Waals surface area contributed by atoms with Crippen LogP contribution < -0.4 is 0 Å². The minimum atomic E-state index is 0.124. The Hall–Kier alpha value is -0.120.